The summed E-state index contributed by atoms with van der Waals surface area (Å²) in [7, 11) is -2.32. The molecule has 0 aliphatic rings. The van der Waals surface area contributed by atoms with Crippen LogP contribution < -0.4 is 15.4 Å². The highest BCUT2D eigenvalue weighted by molar-refractivity contribution is 7.89. The van der Waals surface area contributed by atoms with E-state index in [4.69, 9.17) is 0 Å². The molecule has 3 N–H and O–H groups in total. The maximum Gasteiger partial charge on any atom is 0.255 e. The molecule has 0 atom stereocenters. The van der Waals surface area contributed by atoms with Crippen LogP contribution in [0, 0.1) is 0 Å². The molecule has 126 valence electrons. The van der Waals surface area contributed by atoms with Crippen LogP contribution in [0.15, 0.2) is 53.4 Å². The maximum atomic E-state index is 12.3. The molecule has 0 bridgehead atoms. The smallest absolute Gasteiger partial charge is 0.255 e. The molecular formula is C16H17N3O4S. The summed E-state index contributed by atoms with van der Waals surface area (Å²) < 4.78 is 25.8. The van der Waals surface area contributed by atoms with Crippen molar-refractivity contribution in [3.05, 3.63) is 54.1 Å². The van der Waals surface area contributed by atoms with E-state index in [1.54, 1.807) is 24.3 Å². The Morgan fingerprint density at radius 1 is 0.917 bits per heavy atom. The summed E-state index contributed by atoms with van der Waals surface area (Å²) in [4.78, 5) is 23.4. The van der Waals surface area contributed by atoms with Gasteiger partial charge in [-0.1, -0.05) is 12.1 Å². The van der Waals surface area contributed by atoms with Crippen molar-refractivity contribution in [2.75, 3.05) is 17.7 Å². The van der Waals surface area contributed by atoms with Gasteiger partial charge >= 0.3 is 0 Å². The van der Waals surface area contributed by atoms with E-state index < -0.39 is 15.9 Å². The Labute approximate surface area is 140 Å². The largest absolute Gasteiger partial charge is 0.326 e. The summed E-state index contributed by atoms with van der Waals surface area (Å²) in [5, 5.41) is 5.28. The normalized spacial score (nSPS) is 10.9. The van der Waals surface area contributed by atoms with E-state index in [0.29, 0.717) is 11.4 Å². The second-order valence-corrected chi connectivity index (χ2v) is 6.84. The summed E-state index contributed by atoms with van der Waals surface area (Å²) in [6, 6.07) is 12.3. The molecule has 0 saturated heterocycles. The molecule has 0 saturated carbocycles. The first-order valence-corrected chi connectivity index (χ1v) is 8.53. The molecule has 0 aromatic heterocycles. The van der Waals surface area contributed by atoms with Crippen molar-refractivity contribution in [1.29, 1.82) is 0 Å². The lowest BCUT2D eigenvalue weighted by molar-refractivity contribution is -0.114. The first-order chi connectivity index (χ1) is 11.3. The fourth-order valence-corrected chi connectivity index (χ4v) is 2.78. The van der Waals surface area contributed by atoms with Crippen LogP contribution >= 0.6 is 0 Å². The standard InChI is InChI=1S/C16H17N3O4S/c1-11(20)18-13-6-4-7-14(10-13)19-16(21)12-5-3-8-15(9-12)24(22,23)17-2/h3-10,17H,1-2H3,(H,18,20)(H,19,21). The van der Waals surface area contributed by atoms with Gasteiger partial charge < -0.3 is 10.6 Å². The third-order valence-electron chi connectivity index (χ3n) is 3.12. The second-order valence-electron chi connectivity index (χ2n) is 4.95. The van der Waals surface area contributed by atoms with Crippen LogP contribution in [0.2, 0.25) is 0 Å². The Bertz CT molecular complexity index is 878. The van der Waals surface area contributed by atoms with Gasteiger partial charge in [-0.15, -0.1) is 0 Å². The van der Waals surface area contributed by atoms with Gasteiger partial charge in [0.2, 0.25) is 15.9 Å². The molecule has 0 aliphatic heterocycles. The molecule has 2 aromatic rings. The van der Waals surface area contributed by atoms with Gasteiger partial charge in [0.15, 0.2) is 0 Å². The molecule has 0 radical (unpaired) electrons. The van der Waals surface area contributed by atoms with Gasteiger partial charge in [0.05, 0.1) is 4.90 Å². The Morgan fingerprint density at radius 2 is 1.54 bits per heavy atom. The monoisotopic (exact) mass is 347 g/mol. The second kappa shape index (κ2) is 7.24. The average Bonchev–Trinajstić information content (AvgIpc) is 2.54. The summed E-state index contributed by atoms with van der Waals surface area (Å²) in [5.41, 5.74) is 1.23. The van der Waals surface area contributed by atoms with Crippen LogP contribution in [0.4, 0.5) is 11.4 Å². The first-order valence-electron chi connectivity index (χ1n) is 7.04. The van der Waals surface area contributed by atoms with Crippen LogP contribution in [0.5, 0.6) is 0 Å². The van der Waals surface area contributed by atoms with Gasteiger partial charge in [-0.2, -0.15) is 0 Å². The summed E-state index contributed by atoms with van der Waals surface area (Å²) in [6.07, 6.45) is 0. The third-order valence-corrected chi connectivity index (χ3v) is 4.53. The van der Waals surface area contributed by atoms with E-state index in [1.807, 2.05) is 0 Å². The molecule has 2 amide bonds. The number of sulfonamides is 1. The van der Waals surface area contributed by atoms with Crippen molar-refractivity contribution in [1.82, 2.24) is 4.72 Å². The van der Waals surface area contributed by atoms with Gasteiger partial charge in [0, 0.05) is 23.9 Å². The Hall–Kier alpha value is -2.71. The number of amides is 2. The van der Waals surface area contributed by atoms with E-state index in [1.165, 1.54) is 38.2 Å². The SMILES string of the molecule is CNS(=O)(=O)c1cccc(C(=O)Nc2cccc(NC(C)=O)c2)c1. The first kappa shape index (κ1) is 17.6. The van der Waals surface area contributed by atoms with E-state index in [-0.39, 0.29) is 16.4 Å². The zero-order valence-electron chi connectivity index (χ0n) is 13.2. The van der Waals surface area contributed by atoms with Crippen molar-refractivity contribution in [3.8, 4) is 0 Å². The van der Waals surface area contributed by atoms with E-state index in [9.17, 15) is 18.0 Å². The molecule has 0 aliphatic carbocycles. The fraction of sp³-hybridized carbons (Fsp3) is 0.125. The topological polar surface area (TPSA) is 104 Å². The van der Waals surface area contributed by atoms with Crippen LogP contribution in [-0.2, 0) is 14.8 Å². The van der Waals surface area contributed by atoms with Gasteiger partial charge in [0.25, 0.3) is 5.91 Å². The Kier molecular flexibility index (Phi) is 5.32. The molecule has 2 rings (SSSR count). The third kappa shape index (κ3) is 4.40. The summed E-state index contributed by atoms with van der Waals surface area (Å²) >= 11 is 0. The Balaban J connectivity index is 2.22. The number of hydrogen-bond acceptors (Lipinski definition) is 4. The lowest BCUT2D eigenvalue weighted by Gasteiger charge is -2.09. The van der Waals surface area contributed by atoms with Gasteiger partial charge in [0.1, 0.15) is 0 Å². The zero-order chi connectivity index (χ0) is 17.7. The molecule has 0 unspecified atom stereocenters. The predicted molar refractivity (Wildman–Crippen MR) is 91.4 cm³/mol. The predicted octanol–water partition coefficient (Wildman–Crippen LogP) is 1.81. The van der Waals surface area contributed by atoms with Crippen LogP contribution in [0.1, 0.15) is 17.3 Å². The Morgan fingerprint density at radius 3 is 2.17 bits per heavy atom. The molecule has 7 nitrogen and oxygen atoms in total. The summed E-state index contributed by atoms with van der Waals surface area (Å²) in [5.74, 6) is -0.674. The van der Waals surface area contributed by atoms with Gasteiger partial charge in [-0.3, -0.25) is 9.59 Å². The number of benzene rings is 2. The zero-order valence-corrected chi connectivity index (χ0v) is 14.0. The highest BCUT2D eigenvalue weighted by atomic mass is 32.2. The molecule has 2 aromatic carbocycles. The van der Waals surface area contributed by atoms with Gasteiger partial charge in [-0.05, 0) is 43.4 Å². The van der Waals surface area contributed by atoms with Crippen LogP contribution in [0.3, 0.4) is 0 Å². The lowest BCUT2D eigenvalue weighted by Crippen LogP contribution is -2.19. The number of carbonyl (C=O) groups is 2. The minimum absolute atomic E-state index is 0.00430. The van der Waals surface area contributed by atoms with Crippen molar-refractivity contribution < 1.29 is 18.0 Å². The van der Waals surface area contributed by atoms with Crippen molar-refractivity contribution in [2.45, 2.75) is 11.8 Å². The quantitative estimate of drug-likeness (QED) is 0.767. The minimum atomic E-state index is -3.62. The highest BCUT2D eigenvalue weighted by Crippen LogP contribution is 2.17. The maximum absolute atomic E-state index is 12.3. The number of nitrogens with one attached hydrogen (secondary N) is 3. The fourth-order valence-electron chi connectivity index (χ4n) is 2.00. The van der Waals surface area contributed by atoms with E-state index in [2.05, 4.69) is 15.4 Å². The van der Waals surface area contributed by atoms with E-state index >= 15 is 0 Å². The minimum Gasteiger partial charge on any atom is -0.326 e. The molecule has 24 heavy (non-hydrogen) atoms. The number of hydrogen-bond donors (Lipinski definition) is 3. The van der Waals surface area contributed by atoms with Gasteiger partial charge in [-0.25, -0.2) is 13.1 Å². The number of carbonyl (C=O) groups excluding carboxylic acids is 2. The van der Waals surface area contributed by atoms with Crippen molar-refractivity contribution in [3.63, 3.8) is 0 Å². The average molecular weight is 347 g/mol. The summed E-state index contributed by atoms with van der Waals surface area (Å²) in [6.45, 7) is 1.39. The van der Waals surface area contributed by atoms with E-state index in [0.717, 1.165) is 0 Å². The van der Waals surface area contributed by atoms with Crippen LogP contribution in [0.25, 0.3) is 0 Å². The molecule has 0 fully saturated rings. The molecule has 8 heteroatoms. The highest BCUT2D eigenvalue weighted by Gasteiger charge is 2.14. The van der Waals surface area contributed by atoms with Crippen molar-refractivity contribution in [2.24, 2.45) is 0 Å². The van der Waals surface area contributed by atoms with Crippen molar-refractivity contribution >= 4 is 33.2 Å². The molecule has 0 spiro atoms. The molecule has 0 heterocycles. The van der Waals surface area contributed by atoms with Crippen LogP contribution in [-0.4, -0.2) is 27.3 Å². The number of rotatable bonds is 5. The lowest BCUT2D eigenvalue weighted by atomic mass is 10.2. The molecular weight excluding hydrogens is 330 g/mol. The number of anilines is 2.